The zero-order valence-electron chi connectivity index (χ0n) is 12.6. The summed E-state index contributed by atoms with van der Waals surface area (Å²) in [5, 5.41) is 14.0. The largest absolute Gasteiger partial charge is 0.492 e. The molecule has 3 rings (SSSR count). The summed E-state index contributed by atoms with van der Waals surface area (Å²) in [7, 11) is 0. The predicted molar refractivity (Wildman–Crippen MR) is 84.8 cm³/mol. The molecule has 0 bridgehead atoms. The zero-order valence-corrected chi connectivity index (χ0v) is 12.6. The first-order chi connectivity index (χ1) is 11.5. The standard InChI is InChI=1S/C17H15FN2O4/c18-10-4-6-11(7-5-10)19-16(21)13-3-1-2-12-14(20-17(22)23)8-9-24-15(12)13/h1-7,14,20H,8-9H2,(H,19,21)(H,22,23)/t14-/m0/s1. The molecule has 0 fully saturated rings. The number of benzene rings is 2. The number of para-hydroxylation sites is 1. The highest BCUT2D eigenvalue weighted by atomic mass is 19.1. The van der Waals surface area contributed by atoms with Crippen molar-refractivity contribution in [3.63, 3.8) is 0 Å². The van der Waals surface area contributed by atoms with Crippen molar-refractivity contribution in [2.45, 2.75) is 12.5 Å². The molecular weight excluding hydrogens is 315 g/mol. The fraction of sp³-hybridized carbons (Fsp3) is 0.176. The second-order valence-electron chi connectivity index (χ2n) is 5.32. The summed E-state index contributed by atoms with van der Waals surface area (Å²) in [5.41, 5.74) is 1.37. The minimum atomic E-state index is -1.13. The van der Waals surface area contributed by atoms with E-state index in [0.29, 0.717) is 35.6 Å². The highest BCUT2D eigenvalue weighted by molar-refractivity contribution is 6.06. The SMILES string of the molecule is O=C(O)N[C@H]1CCOc2c(C(=O)Nc3ccc(F)cc3)cccc21. The Morgan fingerprint density at radius 2 is 1.92 bits per heavy atom. The number of hydrogen-bond donors (Lipinski definition) is 3. The molecule has 6 nitrogen and oxygen atoms in total. The van der Waals surface area contributed by atoms with Crippen molar-refractivity contribution in [2.75, 3.05) is 11.9 Å². The molecule has 0 saturated heterocycles. The topological polar surface area (TPSA) is 87.7 Å². The molecule has 0 aliphatic carbocycles. The van der Waals surface area contributed by atoms with E-state index in [4.69, 9.17) is 9.84 Å². The van der Waals surface area contributed by atoms with Crippen LogP contribution < -0.4 is 15.4 Å². The molecule has 0 radical (unpaired) electrons. The summed E-state index contributed by atoms with van der Waals surface area (Å²) in [4.78, 5) is 23.4. The number of anilines is 1. The Bertz CT molecular complexity index is 777. The van der Waals surface area contributed by atoms with Crippen molar-refractivity contribution < 1.29 is 23.8 Å². The van der Waals surface area contributed by atoms with Gasteiger partial charge in [0.2, 0.25) is 0 Å². The first-order valence-corrected chi connectivity index (χ1v) is 7.36. The van der Waals surface area contributed by atoms with Gasteiger partial charge in [0.1, 0.15) is 11.6 Å². The molecule has 2 aromatic rings. The maximum Gasteiger partial charge on any atom is 0.405 e. The average molecular weight is 330 g/mol. The van der Waals surface area contributed by atoms with Crippen molar-refractivity contribution >= 4 is 17.7 Å². The first-order valence-electron chi connectivity index (χ1n) is 7.36. The molecule has 0 saturated carbocycles. The number of carbonyl (C=O) groups is 2. The number of carbonyl (C=O) groups excluding carboxylic acids is 1. The van der Waals surface area contributed by atoms with Gasteiger partial charge in [-0.2, -0.15) is 0 Å². The lowest BCUT2D eigenvalue weighted by atomic mass is 9.97. The molecule has 7 heteroatoms. The van der Waals surface area contributed by atoms with Gasteiger partial charge >= 0.3 is 6.09 Å². The summed E-state index contributed by atoms with van der Waals surface area (Å²) >= 11 is 0. The van der Waals surface area contributed by atoms with Gasteiger partial charge in [-0.15, -0.1) is 0 Å². The zero-order chi connectivity index (χ0) is 17.1. The van der Waals surface area contributed by atoms with Gasteiger partial charge in [0.25, 0.3) is 5.91 Å². The Balaban J connectivity index is 1.87. The molecule has 124 valence electrons. The molecule has 2 aromatic carbocycles. The number of fused-ring (bicyclic) bond motifs is 1. The lowest BCUT2D eigenvalue weighted by Crippen LogP contribution is -2.31. The van der Waals surface area contributed by atoms with Gasteiger partial charge in [0, 0.05) is 17.7 Å². The molecule has 1 aliphatic rings. The molecule has 1 aliphatic heterocycles. The molecule has 1 heterocycles. The fourth-order valence-electron chi connectivity index (χ4n) is 2.63. The minimum Gasteiger partial charge on any atom is -0.492 e. The van der Waals surface area contributed by atoms with E-state index < -0.39 is 23.9 Å². The smallest absolute Gasteiger partial charge is 0.405 e. The van der Waals surface area contributed by atoms with Crippen LogP contribution in [0.3, 0.4) is 0 Å². The van der Waals surface area contributed by atoms with Crippen LogP contribution in [0.15, 0.2) is 42.5 Å². The molecule has 0 aromatic heterocycles. The summed E-state index contributed by atoms with van der Waals surface area (Å²) in [6.45, 7) is 0.304. The molecule has 0 unspecified atom stereocenters. The number of rotatable bonds is 3. The van der Waals surface area contributed by atoms with Crippen LogP contribution in [0.4, 0.5) is 14.9 Å². The van der Waals surface area contributed by atoms with Crippen molar-refractivity contribution in [1.82, 2.24) is 5.32 Å². The van der Waals surface area contributed by atoms with Gasteiger partial charge < -0.3 is 20.5 Å². The van der Waals surface area contributed by atoms with Gasteiger partial charge in [-0.3, -0.25) is 4.79 Å². The monoisotopic (exact) mass is 330 g/mol. The summed E-state index contributed by atoms with van der Waals surface area (Å²) < 4.78 is 18.5. The van der Waals surface area contributed by atoms with Crippen molar-refractivity contribution in [1.29, 1.82) is 0 Å². The molecule has 2 amide bonds. The predicted octanol–water partition coefficient (Wildman–Crippen LogP) is 3.17. The van der Waals surface area contributed by atoms with Crippen LogP contribution in [0.5, 0.6) is 5.75 Å². The highest BCUT2D eigenvalue weighted by Crippen LogP contribution is 2.35. The van der Waals surface area contributed by atoms with Gasteiger partial charge in [-0.05, 0) is 30.3 Å². The lowest BCUT2D eigenvalue weighted by molar-refractivity contribution is 0.102. The van der Waals surface area contributed by atoms with Gasteiger partial charge in [-0.25, -0.2) is 9.18 Å². The second-order valence-corrected chi connectivity index (χ2v) is 5.32. The average Bonchev–Trinajstić information content (AvgIpc) is 2.56. The minimum absolute atomic E-state index is 0.300. The first kappa shape index (κ1) is 15.8. The second kappa shape index (κ2) is 6.57. The maximum atomic E-state index is 12.9. The van der Waals surface area contributed by atoms with E-state index >= 15 is 0 Å². The van der Waals surface area contributed by atoms with Gasteiger partial charge in [0.15, 0.2) is 0 Å². The van der Waals surface area contributed by atoms with Crippen LogP contribution in [-0.2, 0) is 0 Å². The van der Waals surface area contributed by atoms with Crippen LogP contribution in [0.1, 0.15) is 28.4 Å². The van der Waals surface area contributed by atoms with E-state index in [1.807, 2.05) is 0 Å². The molecule has 0 spiro atoms. The fourth-order valence-corrected chi connectivity index (χ4v) is 2.63. The summed E-state index contributed by atoms with van der Waals surface area (Å²) in [6, 6.07) is 9.98. The lowest BCUT2D eigenvalue weighted by Gasteiger charge is -2.27. The third-order valence-corrected chi connectivity index (χ3v) is 3.72. The third kappa shape index (κ3) is 3.29. The molecule has 3 N–H and O–H groups in total. The highest BCUT2D eigenvalue weighted by Gasteiger charge is 2.27. The van der Waals surface area contributed by atoms with E-state index in [-0.39, 0.29) is 0 Å². The van der Waals surface area contributed by atoms with Crippen LogP contribution in [0, 0.1) is 5.82 Å². The summed E-state index contributed by atoms with van der Waals surface area (Å²) in [5.74, 6) is -0.437. The van der Waals surface area contributed by atoms with Crippen LogP contribution in [0.25, 0.3) is 0 Å². The normalized spacial score (nSPS) is 15.8. The number of amides is 2. The van der Waals surface area contributed by atoms with E-state index in [9.17, 15) is 14.0 Å². The van der Waals surface area contributed by atoms with Crippen LogP contribution in [0.2, 0.25) is 0 Å². The number of hydrogen-bond acceptors (Lipinski definition) is 3. The number of ether oxygens (including phenoxy) is 1. The Hall–Kier alpha value is -3.09. The quantitative estimate of drug-likeness (QED) is 0.806. The van der Waals surface area contributed by atoms with E-state index in [1.54, 1.807) is 18.2 Å². The summed E-state index contributed by atoms with van der Waals surface area (Å²) in [6.07, 6.45) is -0.642. The van der Waals surface area contributed by atoms with Crippen molar-refractivity contribution in [3.8, 4) is 5.75 Å². The van der Waals surface area contributed by atoms with E-state index in [1.165, 1.54) is 24.3 Å². The van der Waals surface area contributed by atoms with E-state index in [2.05, 4.69) is 10.6 Å². The Morgan fingerprint density at radius 1 is 1.17 bits per heavy atom. The molecular formula is C17H15FN2O4. The molecule has 1 atom stereocenters. The van der Waals surface area contributed by atoms with Crippen molar-refractivity contribution in [3.05, 3.63) is 59.4 Å². The van der Waals surface area contributed by atoms with Crippen molar-refractivity contribution in [2.24, 2.45) is 0 Å². The van der Waals surface area contributed by atoms with Crippen LogP contribution in [-0.4, -0.2) is 23.7 Å². The van der Waals surface area contributed by atoms with Gasteiger partial charge in [-0.1, -0.05) is 12.1 Å². The van der Waals surface area contributed by atoms with E-state index in [0.717, 1.165) is 0 Å². The third-order valence-electron chi connectivity index (χ3n) is 3.72. The Morgan fingerprint density at radius 3 is 2.62 bits per heavy atom. The maximum absolute atomic E-state index is 12.9. The van der Waals surface area contributed by atoms with Gasteiger partial charge in [0.05, 0.1) is 18.2 Å². The number of nitrogens with one attached hydrogen (secondary N) is 2. The van der Waals surface area contributed by atoms with Crippen LogP contribution >= 0.6 is 0 Å². The Labute approximate surface area is 137 Å². The number of carboxylic acid groups (broad SMARTS) is 1. The molecule has 24 heavy (non-hydrogen) atoms. The Kier molecular flexibility index (Phi) is 4.33. The number of halogens is 1.